The van der Waals surface area contributed by atoms with E-state index >= 15 is 0 Å². The van der Waals surface area contributed by atoms with Crippen LogP contribution in [-0.4, -0.2) is 14.2 Å². The van der Waals surface area contributed by atoms with Crippen molar-refractivity contribution < 1.29 is 9.47 Å². The first-order chi connectivity index (χ1) is 9.56. The van der Waals surface area contributed by atoms with Crippen LogP contribution in [0.1, 0.15) is 16.5 Å². The first kappa shape index (κ1) is 15.3. The van der Waals surface area contributed by atoms with E-state index in [1.165, 1.54) is 0 Å². The summed E-state index contributed by atoms with van der Waals surface area (Å²) >= 11 is 18.8. The zero-order chi connectivity index (χ0) is 14.7. The number of methoxy groups -OCH3 is 2. The van der Waals surface area contributed by atoms with Gasteiger partial charge >= 0.3 is 0 Å². The van der Waals surface area contributed by atoms with Crippen molar-refractivity contribution in [3.8, 4) is 11.5 Å². The quantitative estimate of drug-likeness (QED) is 0.704. The van der Waals surface area contributed by atoms with E-state index in [9.17, 15) is 0 Å². The Morgan fingerprint density at radius 2 is 1.55 bits per heavy atom. The summed E-state index contributed by atoms with van der Waals surface area (Å²) < 4.78 is 10.2. The Bertz CT molecular complexity index is 597. The van der Waals surface area contributed by atoms with Crippen molar-refractivity contribution in [3.05, 3.63) is 57.6 Å². The van der Waals surface area contributed by atoms with Crippen LogP contribution in [0.15, 0.2) is 36.4 Å². The smallest absolute Gasteiger partial charge is 0.138 e. The summed E-state index contributed by atoms with van der Waals surface area (Å²) in [7, 11) is 3.16. The van der Waals surface area contributed by atoms with Gasteiger partial charge in [-0.05, 0) is 29.3 Å². The molecule has 0 bridgehead atoms. The number of halogens is 3. The van der Waals surface area contributed by atoms with Crippen LogP contribution in [0.5, 0.6) is 11.5 Å². The lowest BCUT2D eigenvalue weighted by molar-refractivity contribution is 0.414. The highest BCUT2D eigenvalue weighted by molar-refractivity contribution is 6.36. The number of hydrogen-bond acceptors (Lipinski definition) is 2. The molecule has 2 nitrogen and oxygen atoms in total. The minimum atomic E-state index is -0.392. The van der Waals surface area contributed by atoms with E-state index in [-0.39, 0.29) is 0 Å². The first-order valence-electron chi connectivity index (χ1n) is 5.87. The molecular formula is C15H13Cl3O2. The highest BCUT2D eigenvalue weighted by atomic mass is 35.5. The van der Waals surface area contributed by atoms with Gasteiger partial charge in [0.1, 0.15) is 11.5 Å². The van der Waals surface area contributed by atoms with Gasteiger partial charge < -0.3 is 9.47 Å². The Balaban J connectivity index is 2.36. The average molecular weight is 332 g/mol. The molecule has 0 saturated carbocycles. The molecule has 0 aliphatic rings. The molecule has 0 radical (unpaired) electrons. The topological polar surface area (TPSA) is 18.5 Å². The summed E-state index contributed by atoms with van der Waals surface area (Å²) in [6.07, 6.45) is 0. The van der Waals surface area contributed by atoms with Crippen LogP contribution in [-0.2, 0) is 0 Å². The molecule has 106 valence electrons. The summed E-state index contributed by atoms with van der Waals surface area (Å²) in [4.78, 5) is 0. The second kappa shape index (κ2) is 6.57. The van der Waals surface area contributed by atoms with Gasteiger partial charge in [0.05, 0.1) is 24.6 Å². The molecule has 0 aromatic heterocycles. The van der Waals surface area contributed by atoms with E-state index < -0.39 is 5.38 Å². The van der Waals surface area contributed by atoms with Crippen molar-refractivity contribution >= 4 is 34.8 Å². The second-order valence-electron chi connectivity index (χ2n) is 4.14. The van der Waals surface area contributed by atoms with Crippen LogP contribution >= 0.6 is 34.8 Å². The van der Waals surface area contributed by atoms with Crippen molar-refractivity contribution in [1.82, 2.24) is 0 Å². The standard InChI is InChI=1S/C15H13Cl3O2/c1-19-10-5-3-9(4-6-10)15(18)11-7-13(17)14(20-2)8-12(11)16/h3-8,15H,1-2H3. The van der Waals surface area contributed by atoms with Gasteiger partial charge in [-0.25, -0.2) is 0 Å². The number of benzene rings is 2. The maximum atomic E-state index is 6.48. The Kier molecular flexibility index (Phi) is 5.03. The lowest BCUT2D eigenvalue weighted by Gasteiger charge is -2.14. The Labute approximate surface area is 133 Å². The fraction of sp³-hybridized carbons (Fsp3) is 0.200. The van der Waals surface area contributed by atoms with E-state index in [1.54, 1.807) is 26.4 Å². The van der Waals surface area contributed by atoms with Gasteiger partial charge in [-0.15, -0.1) is 11.6 Å². The molecule has 2 aromatic rings. The van der Waals surface area contributed by atoms with Crippen LogP contribution in [0, 0.1) is 0 Å². The Hall–Kier alpha value is -1.09. The molecule has 2 aromatic carbocycles. The number of hydrogen-bond donors (Lipinski definition) is 0. The highest BCUT2D eigenvalue weighted by Gasteiger charge is 2.17. The molecule has 0 spiro atoms. The van der Waals surface area contributed by atoms with Gasteiger partial charge in [0.2, 0.25) is 0 Å². The minimum absolute atomic E-state index is 0.392. The Morgan fingerprint density at radius 3 is 2.10 bits per heavy atom. The van der Waals surface area contributed by atoms with Crippen molar-refractivity contribution in [3.63, 3.8) is 0 Å². The number of ether oxygens (including phenoxy) is 2. The summed E-state index contributed by atoms with van der Waals surface area (Å²) in [5.74, 6) is 1.30. The maximum absolute atomic E-state index is 6.48. The van der Waals surface area contributed by atoms with Gasteiger partial charge in [-0.2, -0.15) is 0 Å². The Morgan fingerprint density at radius 1 is 0.900 bits per heavy atom. The molecular weight excluding hydrogens is 319 g/mol. The molecule has 1 atom stereocenters. The van der Waals surface area contributed by atoms with Crippen LogP contribution in [0.25, 0.3) is 0 Å². The molecule has 0 aliphatic carbocycles. The average Bonchev–Trinajstić information content (AvgIpc) is 2.48. The van der Waals surface area contributed by atoms with Gasteiger partial charge in [0.25, 0.3) is 0 Å². The van der Waals surface area contributed by atoms with Crippen LogP contribution in [0.4, 0.5) is 0 Å². The molecule has 0 saturated heterocycles. The summed E-state index contributed by atoms with van der Waals surface area (Å²) in [6, 6.07) is 10.9. The maximum Gasteiger partial charge on any atom is 0.138 e. The van der Waals surface area contributed by atoms with Gasteiger partial charge in [-0.1, -0.05) is 35.3 Å². The number of rotatable bonds is 4. The first-order valence-corrected chi connectivity index (χ1v) is 7.07. The summed E-state index contributed by atoms with van der Waals surface area (Å²) in [5, 5.41) is 0.602. The van der Waals surface area contributed by atoms with Crippen molar-refractivity contribution in [2.75, 3.05) is 14.2 Å². The van der Waals surface area contributed by atoms with Crippen molar-refractivity contribution in [2.45, 2.75) is 5.38 Å². The summed E-state index contributed by atoms with van der Waals surface area (Å²) in [5.41, 5.74) is 1.65. The van der Waals surface area contributed by atoms with Crippen LogP contribution in [0.2, 0.25) is 10.0 Å². The van der Waals surface area contributed by atoms with Crippen molar-refractivity contribution in [2.24, 2.45) is 0 Å². The molecule has 20 heavy (non-hydrogen) atoms. The fourth-order valence-corrected chi connectivity index (χ4v) is 2.74. The molecule has 0 amide bonds. The van der Waals surface area contributed by atoms with E-state index in [0.717, 1.165) is 16.9 Å². The number of alkyl halides is 1. The molecule has 0 heterocycles. The SMILES string of the molecule is COc1ccc(C(Cl)c2cc(Cl)c(OC)cc2Cl)cc1. The van der Waals surface area contributed by atoms with Gasteiger partial charge in [0, 0.05) is 11.1 Å². The predicted molar refractivity (Wildman–Crippen MR) is 83.7 cm³/mol. The third-order valence-electron chi connectivity index (χ3n) is 2.95. The van der Waals surface area contributed by atoms with E-state index in [2.05, 4.69) is 0 Å². The molecule has 0 aliphatic heterocycles. The largest absolute Gasteiger partial charge is 0.497 e. The van der Waals surface area contributed by atoms with Crippen LogP contribution in [0.3, 0.4) is 0 Å². The zero-order valence-electron chi connectivity index (χ0n) is 11.0. The fourth-order valence-electron chi connectivity index (χ4n) is 1.85. The van der Waals surface area contributed by atoms with Gasteiger partial charge in [0.15, 0.2) is 0 Å². The lowest BCUT2D eigenvalue weighted by Crippen LogP contribution is -1.96. The molecule has 2 rings (SSSR count). The van der Waals surface area contributed by atoms with E-state index in [0.29, 0.717) is 15.8 Å². The normalized spacial score (nSPS) is 12.1. The molecule has 5 heteroatoms. The third-order valence-corrected chi connectivity index (χ3v) is 4.06. The molecule has 0 fully saturated rings. The second-order valence-corrected chi connectivity index (χ2v) is 5.39. The summed E-state index contributed by atoms with van der Waals surface area (Å²) in [6.45, 7) is 0. The highest BCUT2D eigenvalue weighted by Crippen LogP contribution is 2.39. The molecule has 1 unspecified atom stereocenters. The molecule has 0 N–H and O–H groups in total. The van der Waals surface area contributed by atoms with E-state index in [1.807, 2.05) is 24.3 Å². The monoisotopic (exact) mass is 330 g/mol. The van der Waals surface area contributed by atoms with E-state index in [4.69, 9.17) is 44.3 Å². The zero-order valence-corrected chi connectivity index (χ0v) is 13.3. The lowest BCUT2D eigenvalue weighted by atomic mass is 10.0. The van der Waals surface area contributed by atoms with Crippen LogP contribution < -0.4 is 9.47 Å². The van der Waals surface area contributed by atoms with Gasteiger partial charge in [-0.3, -0.25) is 0 Å². The predicted octanol–water partition coefficient (Wildman–Crippen LogP) is 5.34. The minimum Gasteiger partial charge on any atom is -0.497 e. The van der Waals surface area contributed by atoms with Crippen molar-refractivity contribution in [1.29, 1.82) is 0 Å². The third kappa shape index (κ3) is 3.14.